The highest BCUT2D eigenvalue weighted by molar-refractivity contribution is 5.98. The van der Waals surface area contributed by atoms with Gasteiger partial charge in [-0.2, -0.15) is 0 Å². The summed E-state index contributed by atoms with van der Waals surface area (Å²) in [6.45, 7) is 5.96. The van der Waals surface area contributed by atoms with Gasteiger partial charge in [0.05, 0.1) is 11.7 Å². The van der Waals surface area contributed by atoms with E-state index < -0.39 is 6.36 Å². The Hall–Kier alpha value is -3.34. The maximum absolute atomic E-state index is 13.0. The molecule has 0 bridgehead atoms. The molecule has 0 saturated carbocycles. The van der Waals surface area contributed by atoms with Gasteiger partial charge in [0.2, 0.25) is 0 Å². The summed E-state index contributed by atoms with van der Waals surface area (Å²) in [6.07, 6.45) is -3.25. The standard InChI is InChI=1S/C29H34F3N5O2/c1-35-12-14-36(15-13-35)19-20-7-9-21(10-8-20)27-25(22-4-2-6-24(16-22)39-29(30,31)32)17-26-28(38)34-18-23(37(26)27)5-3-11-33/h2,4,6-10,16-17,23H,3,5,11-15,18-19,33H2,1H3,(H,34,38). The number of likely N-dealkylation sites (N-methyl/N-ethyl adjacent to an activating group) is 1. The topological polar surface area (TPSA) is 75.8 Å². The second-order valence-electron chi connectivity index (χ2n) is 10.3. The first kappa shape index (κ1) is 27.2. The second kappa shape index (κ2) is 11.4. The summed E-state index contributed by atoms with van der Waals surface area (Å²) >= 11 is 0. The van der Waals surface area contributed by atoms with E-state index in [1.807, 2.05) is 16.7 Å². The Kier molecular flexibility index (Phi) is 7.97. The quantitative estimate of drug-likeness (QED) is 0.440. The Bertz CT molecular complexity index is 1300. The van der Waals surface area contributed by atoms with Gasteiger partial charge in [0.15, 0.2) is 0 Å². The fourth-order valence-electron chi connectivity index (χ4n) is 5.46. The molecule has 3 heterocycles. The fourth-order valence-corrected chi connectivity index (χ4v) is 5.46. The van der Waals surface area contributed by atoms with Crippen molar-refractivity contribution >= 4 is 5.91 Å². The summed E-state index contributed by atoms with van der Waals surface area (Å²) < 4.78 is 45.1. The van der Waals surface area contributed by atoms with E-state index >= 15 is 0 Å². The number of nitrogens with one attached hydrogen (secondary N) is 1. The molecule has 2 aromatic carbocycles. The van der Waals surface area contributed by atoms with Crippen LogP contribution in [0.1, 0.15) is 34.9 Å². The number of aromatic nitrogens is 1. The van der Waals surface area contributed by atoms with E-state index in [0.717, 1.165) is 56.8 Å². The monoisotopic (exact) mass is 541 g/mol. The van der Waals surface area contributed by atoms with Crippen LogP contribution in [0.2, 0.25) is 0 Å². The van der Waals surface area contributed by atoms with Crippen molar-refractivity contribution in [2.75, 3.05) is 46.3 Å². The van der Waals surface area contributed by atoms with Gasteiger partial charge in [0.25, 0.3) is 5.91 Å². The molecule has 208 valence electrons. The number of benzene rings is 2. The zero-order valence-corrected chi connectivity index (χ0v) is 22.0. The molecule has 0 spiro atoms. The van der Waals surface area contributed by atoms with E-state index in [1.54, 1.807) is 12.1 Å². The van der Waals surface area contributed by atoms with E-state index in [0.29, 0.717) is 29.9 Å². The highest BCUT2D eigenvalue weighted by Gasteiger charge is 2.33. The zero-order chi connectivity index (χ0) is 27.6. The number of hydrogen-bond acceptors (Lipinski definition) is 5. The van der Waals surface area contributed by atoms with Crippen molar-refractivity contribution in [1.82, 2.24) is 19.7 Å². The molecular weight excluding hydrogens is 507 g/mol. The highest BCUT2D eigenvalue weighted by atomic mass is 19.4. The molecule has 1 saturated heterocycles. The van der Waals surface area contributed by atoms with Gasteiger partial charge in [-0.3, -0.25) is 9.69 Å². The molecule has 0 aliphatic carbocycles. The first-order valence-corrected chi connectivity index (χ1v) is 13.3. The van der Waals surface area contributed by atoms with Crippen LogP contribution in [0.25, 0.3) is 22.4 Å². The van der Waals surface area contributed by atoms with Crippen LogP contribution in [0.5, 0.6) is 5.75 Å². The third-order valence-electron chi connectivity index (χ3n) is 7.48. The maximum Gasteiger partial charge on any atom is 0.573 e. The molecule has 2 aliphatic heterocycles. The van der Waals surface area contributed by atoms with Crippen molar-refractivity contribution < 1.29 is 22.7 Å². The predicted molar refractivity (Wildman–Crippen MR) is 144 cm³/mol. The van der Waals surface area contributed by atoms with Crippen LogP contribution >= 0.6 is 0 Å². The molecule has 7 nitrogen and oxygen atoms in total. The molecule has 1 unspecified atom stereocenters. The van der Waals surface area contributed by atoms with Crippen LogP contribution in [-0.4, -0.2) is 73.0 Å². The number of hydrogen-bond donors (Lipinski definition) is 2. The number of nitrogens with zero attached hydrogens (tertiary/aromatic N) is 3. The Morgan fingerprint density at radius 3 is 2.46 bits per heavy atom. The number of alkyl halides is 3. The van der Waals surface area contributed by atoms with Crippen LogP contribution in [0.4, 0.5) is 13.2 Å². The molecule has 1 aromatic heterocycles. The third kappa shape index (κ3) is 6.29. The molecular formula is C29H34F3N5O2. The van der Waals surface area contributed by atoms with Gasteiger partial charge in [0.1, 0.15) is 11.4 Å². The summed E-state index contributed by atoms with van der Waals surface area (Å²) in [6, 6.07) is 15.9. The van der Waals surface area contributed by atoms with Crippen LogP contribution in [0, 0.1) is 0 Å². The van der Waals surface area contributed by atoms with Crippen molar-refractivity contribution in [2.24, 2.45) is 5.73 Å². The number of fused-ring (bicyclic) bond motifs is 1. The summed E-state index contributed by atoms with van der Waals surface area (Å²) in [5.74, 6) is -0.511. The molecule has 10 heteroatoms. The van der Waals surface area contributed by atoms with Gasteiger partial charge in [0, 0.05) is 44.8 Å². The van der Waals surface area contributed by atoms with Crippen molar-refractivity contribution in [2.45, 2.75) is 31.8 Å². The first-order chi connectivity index (χ1) is 18.7. The molecule has 5 rings (SSSR count). The average Bonchev–Trinajstić information content (AvgIpc) is 3.31. The molecule has 0 radical (unpaired) electrons. The van der Waals surface area contributed by atoms with Crippen molar-refractivity contribution in [3.63, 3.8) is 0 Å². The third-order valence-corrected chi connectivity index (χ3v) is 7.48. The minimum absolute atomic E-state index is 0.0235. The number of carbonyl (C=O) groups excluding carboxylic acids is 1. The molecule has 3 N–H and O–H groups in total. The van der Waals surface area contributed by atoms with E-state index in [4.69, 9.17) is 5.73 Å². The van der Waals surface area contributed by atoms with Gasteiger partial charge < -0.3 is 25.3 Å². The van der Waals surface area contributed by atoms with Gasteiger partial charge >= 0.3 is 6.36 Å². The number of carbonyl (C=O) groups is 1. The zero-order valence-electron chi connectivity index (χ0n) is 22.0. The lowest BCUT2D eigenvalue weighted by atomic mass is 9.99. The lowest BCUT2D eigenvalue weighted by molar-refractivity contribution is -0.274. The van der Waals surface area contributed by atoms with Gasteiger partial charge in [-0.05, 0) is 61.3 Å². The van der Waals surface area contributed by atoms with Crippen molar-refractivity contribution in [3.05, 3.63) is 65.9 Å². The molecule has 1 atom stereocenters. The Morgan fingerprint density at radius 1 is 1.03 bits per heavy atom. The number of piperazine rings is 1. The predicted octanol–water partition coefficient (Wildman–Crippen LogP) is 4.49. The van der Waals surface area contributed by atoms with Crippen molar-refractivity contribution in [3.8, 4) is 28.1 Å². The molecule has 1 amide bonds. The number of nitrogens with two attached hydrogens (primary N) is 1. The minimum atomic E-state index is -4.80. The smallest absolute Gasteiger partial charge is 0.406 e. The average molecular weight is 542 g/mol. The SMILES string of the molecule is CN1CCN(Cc2ccc(-c3c(-c4cccc(OC(F)(F)F)c4)cc4n3C(CCCN)CNC4=O)cc2)CC1. The van der Waals surface area contributed by atoms with E-state index in [1.165, 1.54) is 23.8 Å². The number of rotatable bonds is 8. The Morgan fingerprint density at radius 2 is 1.77 bits per heavy atom. The Balaban J connectivity index is 1.55. The van der Waals surface area contributed by atoms with E-state index in [9.17, 15) is 18.0 Å². The van der Waals surface area contributed by atoms with Crippen molar-refractivity contribution in [1.29, 1.82) is 0 Å². The first-order valence-electron chi connectivity index (χ1n) is 13.3. The lowest BCUT2D eigenvalue weighted by Crippen LogP contribution is -2.43. The lowest BCUT2D eigenvalue weighted by Gasteiger charge is -2.32. The molecule has 3 aromatic rings. The highest BCUT2D eigenvalue weighted by Crippen LogP contribution is 2.41. The van der Waals surface area contributed by atoms with Crippen LogP contribution in [-0.2, 0) is 6.54 Å². The summed E-state index contributed by atoms with van der Waals surface area (Å²) in [7, 11) is 2.13. The van der Waals surface area contributed by atoms with Crippen LogP contribution in [0.15, 0.2) is 54.6 Å². The van der Waals surface area contributed by atoms with Gasteiger partial charge in [-0.1, -0.05) is 36.4 Å². The van der Waals surface area contributed by atoms with Crippen LogP contribution < -0.4 is 15.8 Å². The number of ether oxygens (including phenoxy) is 1. The maximum atomic E-state index is 13.0. The normalized spacial score (nSPS) is 18.6. The molecule has 39 heavy (non-hydrogen) atoms. The largest absolute Gasteiger partial charge is 0.573 e. The van der Waals surface area contributed by atoms with E-state index in [-0.39, 0.29) is 17.7 Å². The molecule has 1 fully saturated rings. The fraction of sp³-hybridized carbons (Fsp3) is 0.414. The van der Waals surface area contributed by atoms with Gasteiger partial charge in [-0.25, -0.2) is 0 Å². The summed E-state index contributed by atoms with van der Waals surface area (Å²) in [4.78, 5) is 17.7. The Labute approximate surface area is 226 Å². The van der Waals surface area contributed by atoms with E-state index in [2.05, 4.69) is 39.0 Å². The number of halogens is 3. The summed E-state index contributed by atoms with van der Waals surface area (Å²) in [5, 5.41) is 2.96. The van der Waals surface area contributed by atoms with Gasteiger partial charge in [-0.15, -0.1) is 13.2 Å². The molecule has 2 aliphatic rings. The minimum Gasteiger partial charge on any atom is -0.406 e. The number of amides is 1. The second-order valence-corrected chi connectivity index (χ2v) is 10.3. The summed E-state index contributed by atoms with van der Waals surface area (Å²) in [5.41, 5.74) is 10.4. The van der Waals surface area contributed by atoms with Crippen LogP contribution in [0.3, 0.4) is 0 Å².